The van der Waals surface area contributed by atoms with Crippen LogP contribution in [-0.2, 0) is 19.4 Å². The lowest BCUT2D eigenvalue weighted by Crippen LogP contribution is -2.37. The van der Waals surface area contributed by atoms with E-state index >= 15 is 0 Å². The third-order valence-electron chi connectivity index (χ3n) is 6.22. The lowest BCUT2D eigenvalue weighted by Gasteiger charge is -2.24. The van der Waals surface area contributed by atoms with E-state index in [1.807, 2.05) is 24.4 Å². The number of aromatic hydroxyl groups is 1. The highest BCUT2D eigenvalue weighted by Crippen LogP contribution is 2.20. The fourth-order valence-electron chi connectivity index (χ4n) is 4.41. The molecule has 3 aromatic rings. The molecule has 1 saturated heterocycles. The van der Waals surface area contributed by atoms with E-state index in [0.717, 1.165) is 62.5 Å². The standard InChI is InChI=1S/C27H34N4O/c1-2-31(20-24-9-5-16-28-24)19-22-7-3-8-23(18-22)26-15-17-29-27(30-26)10-4-6-21-11-13-25(32)14-12-21/h3,7-8,11-15,17-18,24,28,32H,2,4-6,9-10,16,19-20H2,1H3/t24-/m1/s1. The maximum atomic E-state index is 9.42. The molecule has 1 aromatic heterocycles. The number of benzene rings is 2. The monoisotopic (exact) mass is 430 g/mol. The number of likely N-dealkylation sites (N-methyl/N-ethyl adjacent to an activating group) is 1. The summed E-state index contributed by atoms with van der Waals surface area (Å²) in [7, 11) is 0. The van der Waals surface area contributed by atoms with E-state index in [0.29, 0.717) is 11.8 Å². The third-order valence-corrected chi connectivity index (χ3v) is 6.22. The first-order chi connectivity index (χ1) is 15.7. The summed E-state index contributed by atoms with van der Waals surface area (Å²) >= 11 is 0. The summed E-state index contributed by atoms with van der Waals surface area (Å²) in [5.41, 5.74) is 4.69. The molecule has 5 nitrogen and oxygen atoms in total. The van der Waals surface area contributed by atoms with Crippen LogP contribution in [0.3, 0.4) is 0 Å². The predicted molar refractivity (Wildman–Crippen MR) is 130 cm³/mol. The normalized spacial score (nSPS) is 16.0. The minimum absolute atomic E-state index is 0.310. The van der Waals surface area contributed by atoms with Gasteiger partial charge in [0.05, 0.1) is 5.69 Å². The second-order valence-corrected chi connectivity index (χ2v) is 8.70. The van der Waals surface area contributed by atoms with Gasteiger partial charge in [0.1, 0.15) is 11.6 Å². The third kappa shape index (κ3) is 6.38. The molecule has 2 N–H and O–H groups in total. The molecule has 0 bridgehead atoms. The van der Waals surface area contributed by atoms with Gasteiger partial charge in [0.15, 0.2) is 0 Å². The molecule has 1 fully saturated rings. The van der Waals surface area contributed by atoms with Gasteiger partial charge in [-0.15, -0.1) is 0 Å². The van der Waals surface area contributed by atoms with E-state index in [1.54, 1.807) is 12.1 Å². The first-order valence-corrected chi connectivity index (χ1v) is 11.8. The molecule has 5 heteroatoms. The minimum Gasteiger partial charge on any atom is -0.508 e. The van der Waals surface area contributed by atoms with Gasteiger partial charge in [-0.05, 0) is 74.2 Å². The van der Waals surface area contributed by atoms with Crippen molar-refractivity contribution in [2.45, 2.75) is 51.6 Å². The van der Waals surface area contributed by atoms with Crippen molar-refractivity contribution in [1.29, 1.82) is 0 Å². The van der Waals surface area contributed by atoms with Crippen LogP contribution in [0, 0.1) is 0 Å². The number of rotatable bonds is 10. The second kappa shape index (κ2) is 11.2. The van der Waals surface area contributed by atoms with Crippen molar-refractivity contribution in [3.63, 3.8) is 0 Å². The molecule has 0 amide bonds. The molecule has 1 aliphatic rings. The minimum atomic E-state index is 0.310. The number of phenols is 1. The smallest absolute Gasteiger partial charge is 0.128 e. The summed E-state index contributed by atoms with van der Waals surface area (Å²) in [5, 5.41) is 13.0. The Hall–Kier alpha value is -2.76. The van der Waals surface area contributed by atoms with Crippen molar-refractivity contribution in [3.05, 3.63) is 77.7 Å². The van der Waals surface area contributed by atoms with Crippen LogP contribution >= 0.6 is 0 Å². The van der Waals surface area contributed by atoms with Crippen molar-refractivity contribution in [2.24, 2.45) is 0 Å². The van der Waals surface area contributed by atoms with Crippen molar-refractivity contribution in [2.75, 3.05) is 19.6 Å². The first kappa shape index (κ1) is 22.4. The van der Waals surface area contributed by atoms with Crippen LogP contribution in [0.25, 0.3) is 11.3 Å². The molecule has 1 aliphatic heterocycles. The second-order valence-electron chi connectivity index (χ2n) is 8.70. The molecule has 0 aliphatic carbocycles. The van der Waals surface area contributed by atoms with Crippen molar-refractivity contribution < 1.29 is 5.11 Å². The molecule has 4 rings (SSSR count). The van der Waals surface area contributed by atoms with Gasteiger partial charge in [-0.3, -0.25) is 4.90 Å². The number of hydrogen-bond acceptors (Lipinski definition) is 5. The first-order valence-electron chi connectivity index (χ1n) is 11.8. The molecule has 2 aromatic carbocycles. The van der Waals surface area contributed by atoms with Crippen LogP contribution in [0.4, 0.5) is 0 Å². The topological polar surface area (TPSA) is 61.3 Å². The Morgan fingerprint density at radius 2 is 1.94 bits per heavy atom. The Kier molecular flexibility index (Phi) is 7.86. The maximum Gasteiger partial charge on any atom is 0.128 e. The highest BCUT2D eigenvalue weighted by molar-refractivity contribution is 5.59. The van der Waals surface area contributed by atoms with Crippen LogP contribution in [0.1, 0.15) is 43.1 Å². The average Bonchev–Trinajstić information content (AvgIpc) is 3.33. The fraction of sp³-hybridized carbons (Fsp3) is 0.407. The molecule has 168 valence electrons. The van der Waals surface area contributed by atoms with E-state index < -0.39 is 0 Å². The summed E-state index contributed by atoms with van der Waals surface area (Å²) in [6.07, 6.45) is 7.22. The molecular formula is C27H34N4O. The summed E-state index contributed by atoms with van der Waals surface area (Å²) in [6, 6.07) is 18.8. The van der Waals surface area contributed by atoms with E-state index in [4.69, 9.17) is 4.98 Å². The quantitative estimate of drug-likeness (QED) is 0.492. The zero-order valence-electron chi connectivity index (χ0n) is 19.0. The summed E-state index contributed by atoms with van der Waals surface area (Å²) in [4.78, 5) is 11.8. The highest BCUT2D eigenvalue weighted by Gasteiger charge is 2.17. The lowest BCUT2D eigenvalue weighted by molar-refractivity contribution is 0.253. The van der Waals surface area contributed by atoms with Crippen molar-refractivity contribution >= 4 is 0 Å². The van der Waals surface area contributed by atoms with Gasteiger partial charge < -0.3 is 10.4 Å². The van der Waals surface area contributed by atoms with Crippen LogP contribution in [0.5, 0.6) is 5.75 Å². The number of phenolic OH excluding ortho intramolecular Hbond substituents is 1. The Morgan fingerprint density at radius 3 is 2.72 bits per heavy atom. The molecule has 0 unspecified atom stereocenters. The number of nitrogens with one attached hydrogen (secondary N) is 1. The van der Waals surface area contributed by atoms with Crippen molar-refractivity contribution in [3.8, 4) is 17.0 Å². The highest BCUT2D eigenvalue weighted by atomic mass is 16.3. The van der Waals surface area contributed by atoms with Crippen LogP contribution in [0.15, 0.2) is 60.8 Å². The van der Waals surface area contributed by atoms with Gasteiger partial charge in [-0.2, -0.15) is 0 Å². The zero-order chi connectivity index (χ0) is 22.2. The van der Waals surface area contributed by atoms with Gasteiger partial charge in [-0.1, -0.05) is 37.3 Å². The summed E-state index contributed by atoms with van der Waals surface area (Å²) < 4.78 is 0. The van der Waals surface area contributed by atoms with E-state index in [-0.39, 0.29) is 0 Å². The Bertz CT molecular complexity index is 983. The fourth-order valence-corrected chi connectivity index (χ4v) is 4.41. The lowest BCUT2D eigenvalue weighted by atomic mass is 10.1. The molecule has 1 atom stereocenters. The Labute approximate surface area is 191 Å². The van der Waals surface area contributed by atoms with Gasteiger partial charge in [-0.25, -0.2) is 9.97 Å². The van der Waals surface area contributed by atoms with E-state index in [9.17, 15) is 5.11 Å². The summed E-state index contributed by atoms with van der Waals surface area (Å²) in [5.74, 6) is 1.19. The SMILES string of the molecule is CCN(Cc1cccc(-c2ccnc(CCCc3ccc(O)cc3)n2)c1)C[C@H]1CCCN1. The zero-order valence-corrected chi connectivity index (χ0v) is 19.0. The number of aromatic nitrogens is 2. The van der Waals surface area contributed by atoms with Crippen LogP contribution < -0.4 is 5.32 Å². The molecule has 2 heterocycles. The summed E-state index contributed by atoms with van der Waals surface area (Å²) in [6.45, 7) is 6.53. The number of aryl methyl sites for hydroxylation is 2. The van der Waals surface area contributed by atoms with Gasteiger partial charge >= 0.3 is 0 Å². The molecule has 0 saturated carbocycles. The van der Waals surface area contributed by atoms with Gasteiger partial charge in [0.2, 0.25) is 0 Å². The van der Waals surface area contributed by atoms with Gasteiger partial charge in [0, 0.05) is 37.3 Å². The predicted octanol–water partition coefficient (Wildman–Crippen LogP) is 4.60. The largest absolute Gasteiger partial charge is 0.508 e. The van der Waals surface area contributed by atoms with E-state index in [1.165, 1.54) is 24.0 Å². The molecule has 0 radical (unpaired) electrons. The Balaban J connectivity index is 1.37. The average molecular weight is 431 g/mol. The van der Waals surface area contributed by atoms with E-state index in [2.05, 4.69) is 46.4 Å². The van der Waals surface area contributed by atoms with Crippen molar-refractivity contribution in [1.82, 2.24) is 20.2 Å². The molecule has 32 heavy (non-hydrogen) atoms. The van der Waals surface area contributed by atoms with Crippen LogP contribution in [-0.4, -0.2) is 45.7 Å². The molecular weight excluding hydrogens is 396 g/mol. The van der Waals surface area contributed by atoms with Crippen LogP contribution in [0.2, 0.25) is 0 Å². The Morgan fingerprint density at radius 1 is 1.06 bits per heavy atom. The van der Waals surface area contributed by atoms with Gasteiger partial charge in [0.25, 0.3) is 0 Å². The number of hydrogen-bond donors (Lipinski definition) is 2. The number of nitrogens with zero attached hydrogens (tertiary/aromatic N) is 3. The molecule has 0 spiro atoms. The maximum absolute atomic E-state index is 9.42.